The molecule has 0 saturated carbocycles. The van der Waals surface area contributed by atoms with Crippen molar-refractivity contribution in [2.45, 2.75) is 24.6 Å². The van der Waals surface area contributed by atoms with E-state index in [2.05, 4.69) is 16.9 Å². The normalized spacial score (nSPS) is 27.7. The van der Waals surface area contributed by atoms with Crippen LogP contribution in [0.1, 0.15) is 22.7 Å². The van der Waals surface area contributed by atoms with Crippen LogP contribution in [0.4, 0.5) is 5.69 Å². The van der Waals surface area contributed by atoms with Crippen LogP contribution in [0, 0.1) is 24.2 Å². The van der Waals surface area contributed by atoms with Crippen LogP contribution < -0.4 is 21.5 Å². The first-order valence-corrected chi connectivity index (χ1v) is 10.6. The fourth-order valence-electron chi connectivity index (χ4n) is 5.26. The lowest BCUT2D eigenvalue weighted by Gasteiger charge is -2.42. The summed E-state index contributed by atoms with van der Waals surface area (Å²) in [7, 11) is 1.27. The minimum absolute atomic E-state index is 0.0381. The molecule has 0 aromatic heterocycles. The van der Waals surface area contributed by atoms with Gasteiger partial charge in [-0.3, -0.25) is 14.5 Å². The zero-order valence-electron chi connectivity index (χ0n) is 18.2. The summed E-state index contributed by atoms with van der Waals surface area (Å²) in [6.07, 6.45) is -0.677. The van der Waals surface area contributed by atoms with Crippen molar-refractivity contribution in [3.8, 4) is 6.07 Å². The number of para-hydroxylation sites is 1. The van der Waals surface area contributed by atoms with Gasteiger partial charge in [0.1, 0.15) is 23.6 Å². The molecule has 3 aliphatic rings. The fraction of sp³-hybridized carbons (Fsp3) is 0.292. The van der Waals surface area contributed by atoms with Crippen LogP contribution in [0.25, 0.3) is 0 Å². The van der Waals surface area contributed by atoms with Gasteiger partial charge in [-0.2, -0.15) is 5.26 Å². The number of methoxy groups -OCH3 is 1. The summed E-state index contributed by atoms with van der Waals surface area (Å²) in [5.41, 5.74) is 14.3. The van der Waals surface area contributed by atoms with Crippen molar-refractivity contribution in [1.82, 2.24) is 10.9 Å². The Balaban J connectivity index is 1.75. The molecule has 9 nitrogen and oxygen atoms in total. The molecule has 0 bridgehead atoms. The third kappa shape index (κ3) is 2.85. The number of nitriles is 1. The molecule has 4 atom stereocenters. The number of carbonyl (C=O) groups is 2. The lowest BCUT2D eigenvalue weighted by molar-refractivity contribution is -0.140. The van der Waals surface area contributed by atoms with Crippen LogP contribution in [0.3, 0.4) is 0 Å². The second-order valence-corrected chi connectivity index (χ2v) is 8.38. The first kappa shape index (κ1) is 21.0. The standard InChI is InChI=1S/C24H23N5O4/c1-13-7-9-14(10-8-13)20-19-22(28-27-20)33-21(26)16(11-25)24(19)15-5-3-4-6-17(15)29(23(24)31)12-18(30)32-2/h3-10,19-20,22,27-28H,12,26H2,1-2H3. The lowest BCUT2D eigenvalue weighted by atomic mass is 9.61. The van der Waals surface area contributed by atoms with Gasteiger partial charge >= 0.3 is 5.97 Å². The summed E-state index contributed by atoms with van der Waals surface area (Å²) in [5, 5.41) is 10.2. The summed E-state index contributed by atoms with van der Waals surface area (Å²) in [4.78, 5) is 27.8. The number of nitrogens with zero attached hydrogens (tertiary/aromatic N) is 2. The highest BCUT2D eigenvalue weighted by molar-refractivity contribution is 6.13. The summed E-state index contributed by atoms with van der Waals surface area (Å²) >= 11 is 0. The number of amides is 1. The number of ether oxygens (including phenoxy) is 2. The molecule has 9 heteroatoms. The summed E-state index contributed by atoms with van der Waals surface area (Å²) < 4.78 is 10.7. The molecule has 4 N–H and O–H groups in total. The number of hydrogen-bond acceptors (Lipinski definition) is 8. The number of anilines is 1. The third-order valence-electron chi connectivity index (χ3n) is 6.73. The molecule has 4 unspecified atom stereocenters. The number of hydrazine groups is 1. The van der Waals surface area contributed by atoms with Gasteiger partial charge in [0.2, 0.25) is 11.8 Å². The van der Waals surface area contributed by atoms with Crippen molar-refractivity contribution in [1.29, 1.82) is 5.26 Å². The average Bonchev–Trinajstić information content (AvgIpc) is 3.34. The van der Waals surface area contributed by atoms with Crippen molar-refractivity contribution < 1.29 is 19.1 Å². The van der Waals surface area contributed by atoms with Crippen molar-refractivity contribution in [2.24, 2.45) is 11.7 Å². The lowest BCUT2D eigenvalue weighted by Crippen LogP contribution is -2.56. The molecule has 0 radical (unpaired) electrons. The smallest absolute Gasteiger partial charge is 0.325 e. The van der Waals surface area contributed by atoms with Gasteiger partial charge in [-0.25, -0.2) is 10.9 Å². The van der Waals surface area contributed by atoms with Crippen molar-refractivity contribution in [2.75, 3.05) is 18.6 Å². The zero-order chi connectivity index (χ0) is 23.3. The number of rotatable bonds is 3. The van der Waals surface area contributed by atoms with E-state index < -0.39 is 29.4 Å². The molecule has 168 valence electrons. The van der Waals surface area contributed by atoms with E-state index in [1.165, 1.54) is 12.0 Å². The average molecular weight is 445 g/mol. The Bertz CT molecular complexity index is 1220. The zero-order valence-corrected chi connectivity index (χ0v) is 18.2. The topological polar surface area (TPSA) is 130 Å². The molecule has 0 aliphatic carbocycles. The quantitative estimate of drug-likeness (QED) is 0.603. The number of nitrogens with one attached hydrogen (secondary N) is 2. The first-order valence-electron chi connectivity index (χ1n) is 10.6. The molecular weight excluding hydrogens is 422 g/mol. The number of carbonyl (C=O) groups excluding carboxylic acids is 2. The molecule has 3 aliphatic heterocycles. The minimum atomic E-state index is -1.45. The maximum Gasteiger partial charge on any atom is 0.325 e. The maximum atomic E-state index is 14.2. The van der Waals surface area contributed by atoms with Crippen LogP contribution in [0.5, 0.6) is 0 Å². The Morgan fingerprint density at radius 3 is 2.67 bits per heavy atom. The molecular formula is C24H23N5O4. The Morgan fingerprint density at radius 2 is 1.97 bits per heavy atom. The molecule has 2 aromatic carbocycles. The number of hydrogen-bond donors (Lipinski definition) is 3. The number of fused-ring (bicyclic) bond motifs is 4. The van der Waals surface area contributed by atoms with E-state index in [1.807, 2.05) is 43.3 Å². The van der Waals surface area contributed by atoms with Gasteiger partial charge in [-0.05, 0) is 24.1 Å². The molecule has 1 spiro atoms. The SMILES string of the molecule is COC(=O)CN1C(=O)C2(C(C#N)=C(N)OC3NNC(c4ccc(C)cc4)C32)c2ccccc21. The molecule has 1 amide bonds. The molecule has 1 fully saturated rings. The highest BCUT2D eigenvalue weighted by Gasteiger charge is 2.67. The predicted octanol–water partition coefficient (Wildman–Crippen LogP) is 1.27. The molecule has 3 heterocycles. The van der Waals surface area contributed by atoms with Gasteiger partial charge in [0.15, 0.2) is 6.23 Å². The molecule has 2 aromatic rings. The van der Waals surface area contributed by atoms with Crippen LogP contribution in [-0.4, -0.2) is 31.8 Å². The first-order chi connectivity index (χ1) is 15.9. The summed E-state index contributed by atoms with van der Waals surface area (Å²) in [5.74, 6) is -1.64. The Hall–Kier alpha value is -3.87. The van der Waals surface area contributed by atoms with Crippen molar-refractivity contribution in [3.63, 3.8) is 0 Å². The van der Waals surface area contributed by atoms with Crippen molar-refractivity contribution >= 4 is 17.6 Å². The maximum absolute atomic E-state index is 14.2. The van der Waals surface area contributed by atoms with Crippen LogP contribution in [0.2, 0.25) is 0 Å². The van der Waals surface area contributed by atoms with Gasteiger partial charge in [0.25, 0.3) is 0 Å². The van der Waals surface area contributed by atoms with E-state index in [0.29, 0.717) is 11.3 Å². The summed E-state index contributed by atoms with van der Waals surface area (Å²) in [6.45, 7) is 1.72. The largest absolute Gasteiger partial charge is 0.468 e. The highest BCUT2D eigenvalue weighted by Crippen LogP contribution is 2.58. The predicted molar refractivity (Wildman–Crippen MR) is 118 cm³/mol. The number of benzene rings is 2. The highest BCUT2D eigenvalue weighted by atomic mass is 16.5. The van der Waals surface area contributed by atoms with E-state index >= 15 is 0 Å². The Labute approximate surface area is 190 Å². The second-order valence-electron chi connectivity index (χ2n) is 8.38. The number of aryl methyl sites for hydroxylation is 1. The summed E-state index contributed by atoms with van der Waals surface area (Å²) in [6, 6.07) is 16.9. The van der Waals surface area contributed by atoms with Gasteiger partial charge in [-0.15, -0.1) is 0 Å². The minimum Gasteiger partial charge on any atom is -0.468 e. The fourth-order valence-corrected chi connectivity index (χ4v) is 5.26. The van der Waals surface area contributed by atoms with Gasteiger partial charge in [0, 0.05) is 5.69 Å². The van der Waals surface area contributed by atoms with Crippen LogP contribution in [0.15, 0.2) is 60.0 Å². The van der Waals surface area contributed by atoms with E-state index in [4.69, 9.17) is 15.2 Å². The van der Waals surface area contributed by atoms with E-state index in [0.717, 1.165) is 11.1 Å². The van der Waals surface area contributed by atoms with E-state index in [1.54, 1.807) is 12.1 Å². The second kappa shape index (κ2) is 7.62. The Morgan fingerprint density at radius 1 is 1.24 bits per heavy atom. The van der Waals surface area contributed by atoms with Crippen LogP contribution >= 0.6 is 0 Å². The van der Waals surface area contributed by atoms with Crippen LogP contribution in [-0.2, 0) is 24.5 Å². The molecule has 5 rings (SSSR count). The van der Waals surface area contributed by atoms with E-state index in [-0.39, 0.29) is 24.0 Å². The number of nitrogens with two attached hydrogens (primary N) is 1. The monoisotopic (exact) mass is 445 g/mol. The molecule has 1 saturated heterocycles. The van der Waals surface area contributed by atoms with Gasteiger partial charge < -0.3 is 15.2 Å². The molecule has 33 heavy (non-hydrogen) atoms. The number of esters is 1. The van der Waals surface area contributed by atoms with E-state index in [9.17, 15) is 14.9 Å². The Kier molecular flexibility index (Phi) is 4.85. The van der Waals surface area contributed by atoms with Gasteiger partial charge in [0.05, 0.1) is 19.1 Å². The van der Waals surface area contributed by atoms with Gasteiger partial charge in [-0.1, -0.05) is 48.0 Å². The van der Waals surface area contributed by atoms with Crippen molar-refractivity contribution in [3.05, 3.63) is 76.7 Å². The third-order valence-corrected chi connectivity index (χ3v) is 6.73.